The SMILES string of the molecule is COc1ccc(NC(=O)c2[nH]c(C)c(C(=O)OC(C)C)c2C)cc1OC(F)F. The van der Waals surface area contributed by atoms with Gasteiger partial charge in [0.2, 0.25) is 0 Å². The molecule has 152 valence electrons. The van der Waals surface area contributed by atoms with Crippen LogP contribution in [0.3, 0.4) is 0 Å². The lowest BCUT2D eigenvalue weighted by atomic mass is 10.1. The molecule has 2 N–H and O–H groups in total. The topological polar surface area (TPSA) is 89.7 Å². The number of hydrogen-bond acceptors (Lipinski definition) is 5. The van der Waals surface area contributed by atoms with E-state index < -0.39 is 18.5 Å². The second-order valence-corrected chi connectivity index (χ2v) is 6.28. The Morgan fingerprint density at radius 2 is 1.82 bits per heavy atom. The Morgan fingerprint density at radius 1 is 1.14 bits per heavy atom. The molecule has 28 heavy (non-hydrogen) atoms. The molecule has 2 rings (SSSR count). The largest absolute Gasteiger partial charge is 0.493 e. The van der Waals surface area contributed by atoms with Crippen LogP contribution in [0.15, 0.2) is 18.2 Å². The van der Waals surface area contributed by atoms with Crippen molar-refractivity contribution in [2.24, 2.45) is 0 Å². The van der Waals surface area contributed by atoms with Gasteiger partial charge in [0, 0.05) is 17.4 Å². The van der Waals surface area contributed by atoms with E-state index in [4.69, 9.17) is 9.47 Å². The molecule has 7 nitrogen and oxygen atoms in total. The zero-order chi connectivity index (χ0) is 21.0. The number of carbonyl (C=O) groups is 2. The molecular weight excluding hydrogens is 374 g/mol. The van der Waals surface area contributed by atoms with E-state index in [2.05, 4.69) is 15.0 Å². The number of aromatic nitrogens is 1. The second-order valence-electron chi connectivity index (χ2n) is 6.28. The number of hydrogen-bond donors (Lipinski definition) is 2. The van der Waals surface area contributed by atoms with Gasteiger partial charge in [-0.3, -0.25) is 4.79 Å². The molecule has 0 saturated heterocycles. The smallest absolute Gasteiger partial charge is 0.387 e. The predicted octanol–water partition coefficient (Wildman–Crippen LogP) is 4.06. The Morgan fingerprint density at radius 3 is 2.39 bits per heavy atom. The van der Waals surface area contributed by atoms with Crippen LogP contribution in [0.25, 0.3) is 0 Å². The molecule has 1 aromatic heterocycles. The molecule has 9 heteroatoms. The van der Waals surface area contributed by atoms with Crippen LogP contribution < -0.4 is 14.8 Å². The minimum Gasteiger partial charge on any atom is -0.493 e. The average molecular weight is 396 g/mol. The molecule has 0 aliphatic heterocycles. The van der Waals surface area contributed by atoms with Gasteiger partial charge < -0.3 is 24.5 Å². The van der Waals surface area contributed by atoms with Crippen LogP contribution in [0.2, 0.25) is 0 Å². The van der Waals surface area contributed by atoms with Gasteiger partial charge in [0.15, 0.2) is 11.5 Å². The molecule has 1 amide bonds. The number of carbonyl (C=O) groups excluding carboxylic acids is 2. The Labute approximate surface area is 161 Å². The fourth-order valence-electron chi connectivity index (χ4n) is 2.69. The minimum atomic E-state index is -3.04. The van der Waals surface area contributed by atoms with Crippen molar-refractivity contribution in [1.29, 1.82) is 0 Å². The van der Waals surface area contributed by atoms with E-state index in [1.54, 1.807) is 27.7 Å². The number of alkyl halides is 2. The third-order valence-corrected chi connectivity index (χ3v) is 3.85. The monoisotopic (exact) mass is 396 g/mol. The van der Waals surface area contributed by atoms with Crippen LogP contribution in [0.5, 0.6) is 11.5 Å². The summed E-state index contributed by atoms with van der Waals surface area (Å²) in [6, 6.07) is 4.10. The minimum absolute atomic E-state index is 0.101. The summed E-state index contributed by atoms with van der Waals surface area (Å²) in [6.45, 7) is 3.69. The molecule has 0 atom stereocenters. The van der Waals surface area contributed by atoms with Gasteiger partial charge in [0.1, 0.15) is 5.69 Å². The number of nitrogens with one attached hydrogen (secondary N) is 2. The summed E-state index contributed by atoms with van der Waals surface area (Å²) in [5.41, 5.74) is 1.60. The van der Waals surface area contributed by atoms with Gasteiger partial charge in [-0.2, -0.15) is 8.78 Å². The van der Waals surface area contributed by atoms with E-state index in [9.17, 15) is 18.4 Å². The highest BCUT2D eigenvalue weighted by atomic mass is 19.3. The van der Waals surface area contributed by atoms with Crippen molar-refractivity contribution < 1.29 is 32.6 Å². The lowest BCUT2D eigenvalue weighted by molar-refractivity contribution is -0.0511. The summed E-state index contributed by atoms with van der Waals surface area (Å²) in [6.07, 6.45) is -0.300. The molecule has 0 fully saturated rings. The molecule has 1 heterocycles. The van der Waals surface area contributed by atoms with Crippen molar-refractivity contribution in [2.45, 2.75) is 40.4 Å². The first-order valence-electron chi connectivity index (χ1n) is 8.48. The van der Waals surface area contributed by atoms with Crippen LogP contribution in [0, 0.1) is 13.8 Å². The third kappa shape index (κ3) is 4.79. The van der Waals surface area contributed by atoms with Crippen molar-refractivity contribution in [3.63, 3.8) is 0 Å². The highest BCUT2D eigenvalue weighted by molar-refractivity contribution is 6.07. The molecule has 0 unspecified atom stereocenters. The van der Waals surface area contributed by atoms with Crippen LogP contribution in [-0.2, 0) is 4.74 Å². The van der Waals surface area contributed by atoms with E-state index in [-0.39, 0.29) is 34.5 Å². The summed E-state index contributed by atoms with van der Waals surface area (Å²) in [4.78, 5) is 27.7. The number of ether oxygens (including phenoxy) is 3. The first-order valence-corrected chi connectivity index (χ1v) is 8.48. The Kier molecular flexibility index (Phi) is 6.61. The maximum atomic E-state index is 12.6. The lowest BCUT2D eigenvalue weighted by Gasteiger charge is -2.12. The van der Waals surface area contributed by atoms with Crippen LogP contribution in [0.1, 0.15) is 46.0 Å². The van der Waals surface area contributed by atoms with E-state index in [1.165, 1.54) is 25.3 Å². The molecule has 0 bridgehead atoms. The third-order valence-electron chi connectivity index (χ3n) is 3.85. The number of esters is 1. The number of benzene rings is 1. The van der Waals surface area contributed by atoms with Gasteiger partial charge in [-0.05, 0) is 45.4 Å². The number of methoxy groups -OCH3 is 1. The molecule has 0 aliphatic rings. The van der Waals surface area contributed by atoms with Gasteiger partial charge in [-0.25, -0.2) is 4.79 Å². The first-order chi connectivity index (χ1) is 13.1. The lowest BCUT2D eigenvalue weighted by Crippen LogP contribution is -2.15. The Bertz CT molecular complexity index is 877. The number of anilines is 1. The standard InChI is InChI=1S/C19H22F2N2O5/c1-9(2)27-18(25)15-10(3)16(22-11(15)4)17(24)23-12-6-7-13(26-5)14(8-12)28-19(20)21/h6-9,19,22H,1-5H3,(H,23,24). The number of amides is 1. The van der Waals surface area contributed by atoms with Crippen molar-refractivity contribution in [3.05, 3.63) is 40.7 Å². The molecule has 1 aromatic carbocycles. The summed E-state index contributed by atoms with van der Waals surface area (Å²) in [5, 5.41) is 2.58. The molecular formula is C19H22F2N2O5. The van der Waals surface area contributed by atoms with Crippen molar-refractivity contribution >= 4 is 17.6 Å². The van der Waals surface area contributed by atoms with Gasteiger partial charge in [-0.1, -0.05) is 0 Å². The van der Waals surface area contributed by atoms with E-state index >= 15 is 0 Å². The normalized spacial score (nSPS) is 10.9. The van der Waals surface area contributed by atoms with Crippen molar-refractivity contribution in [3.8, 4) is 11.5 Å². The van der Waals surface area contributed by atoms with Crippen molar-refractivity contribution in [1.82, 2.24) is 4.98 Å². The highest BCUT2D eigenvalue weighted by Gasteiger charge is 2.24. The fourth-order valence-corrected chi connectivity index (χ4v) is 2.69. The van der Waals surface area contributed by atoms with Crippen LogP contribution >= 0.6 is 0 Å². The molecule has 0 saturated carbocycles. The van der Waals surface area contributed by atoms with Gasteiger partial charge in [-0.15, -0.1) is 0 Å². The van der Waals surface area contributed by atoms with Crippen LogP contribution in [0.4, 0.5) is 14.5 Å². The molecule has 0 radical (unpaired) electrons. The average Bonchev–Trinajstić information content (AvgIpc) is 2.88. The summed E-state index contributed by atoms with van der Waals surface area (Å²) >= 11 is 0. The molecule has 0 spiro atoms. The van der Waals surface area contributed by atoms with Crippen LogP contribution in [-0.4, -0.2) is 36.7 Å². The quantitative estimate of drug-likeness (QED) is 0.689. The van der Waals surface area contributed by atoms with Gasteiger partial charge >= 0.3 is 12.6 Å². The van der Waals surface area contributed by atoms with E-state index in [1.807, 2.05) is 0 Å². The first kappa shape index (κ1) is 21.2. The number of aromatic amines is 1. The summed E-state index contributed by atoms with van der Waals surface area (Å²) < 4.78 is 39.7. The number of rotatable bonds is 7. The molecule has 0 aliphatic carbocycles. The summed E-state index contributed by atoms with van der Waals surface area (Å²) in [7, 11) is 1.31. The molecule has 2 aromatic rings. The maximum absolute atomic E-state index is 12.6. The summed E-state index contributed by atoms with van der Waals surface area (Å²) in [5.74, 6) is -1.19. The Hall–Kier alpha value is -3.10. The van der Waals surface area contributed by atoms with Gasteiger partial charge in [0.25, 0.3) is 5.91 Å². The number of halogens is 2. The highest BCUT2D eigenvalue weighted by Crippen LogP contribution is 2.32. The second kappa shape index (κ2) is 8.73. The maximum Gasteiger partial charge on any atom is 0.387 e. The number of H-pyrrole nitrogens is 1. The van der Waals surface area contributed by atoms with Crippen molar-refractivity contribution in [2.75, 3.05) is 12.4 Å². The zero-order valence-electron chi connectivity index (χ0n) is 16.2. The van der Waals surface area contributed by atoms with E-state index in [0.717, 1.165) is 0 Å². The zero-order valence-corrected chi connectivity index (χ0v) is 16.2. The van der Waals surface area contributed by atoms with E-state index in [0.29, 0.717) is 11.3 Å². The number of aryl methyl sites for hydroxylation is 1. The fraction of sp³-hybridized carbons (Fsp3) is 0.368. The van der Waals surface area contributed by atoms with Gasteiger partial charge in [0.05, 0.1) is 18.8 Å². The Balaban J connectivity index is 2.27. The predicted molar refractivity (Wildman–Crippen MR) is 98.4 cm³/mol.